The van der Waals surface area contributed by atoms with Gasteiger partial charge < -0.3 is 10.0 Å². The second-order valence-corrected chi connectivity index (χ2v) is 4.81. The van der Waals surface area contributed by atoms with Gasteiger partial charge in [-0.25, -0.2) is 0 Å². The summed E-state index contributed by atoms with van der Waals surface area (Å²) in [5.41, 5.74) is 1.28. The number of H-pyrrole nitrogens is 1. The zero-order valence-corrected chi connectivity index (χ0v) is 12.0. The van der Waals surface area contributed by atoms with E-state index in [9.17, 15) is 9.90 Å². The number of hydrogen-bond donors (Lipinski definition) is 2. The molecule has 2 aromatic rings. The van der Waals surface area contributed by atoms with Crippen molar-refractivity contribution in [2.45, 2.75) is 32.7 Å². The number of fused-ring (bicyclic) bond motifs is 1. The van der Waals surface area contributed by atoms with Crippen LogP contribution < -0.4 is 0 Å². The highest BCUT2D eigenvalue weighted by Gasteiger charge is 2.25. The monoisotopic (exact) mass is 275 g/mol. The summed E-state index contributed by atoms with van der Waals surface area (Å²) in [7, 11) is 0. The predicted molar refractivity (Wildman–Crippen MR) is 78.6 cm³/mol. The van der Waals surface area contributed by atoms with E-state index in [1.165, 1.54) is 0 Å². The number of aliphatic hydroxyl groups excluding tert-OH is 1. The number of aliphatic hydroxyl groups is 1. The molecule has 0 saturated heterocycles. The molecule has 108 valence electrons. The summed E-state index contributed by atoms with van der Waals surface area (Å²) >= 11 is 0. The number of amides is 1. The number of rotatable bonds is 6. The molecule has 1 heterocycles. The van der Waals surface area contributed by atoms with Gasteiger partial charge in [0, 0.05) is 18.0 Å². The van der Waals surface area contributed by atoms with Crippen LogP contribution >= 0.6 is 0 Å². The summed E-state index contributed by atoms with van der Waals surface area (Å²) in [5, 5.41) is 17.1. The molecule has 0 aliphatic carbocycles. The second kappa shape index (κ2) is 6.52. The zero-order chi connectivity index (χ0) is 14.5. The fourth-order valence-corrected chi connectivity index (χ4v) is 2.55. The molecule has 0 radical (unpaired) electrons. The van der Waals surface area contributed by atoms with Crippen molar-refractivity contribution in [2.24, 2.45) is 0 Å². The Morgan fingerprint density at radius 1 is 1.35 bits per heavy atom. The molecule has 2 N–H and O–H groups in total. The molecule has 0 bridgehead atoms. The van der Waals surface area contributed by atoms with E-state index in [2.05, 4.69) is 24.0 Å². The van der Waals surface area contributed by atoms with E-state index in [0.717, 1.165) is 23.7 Å². The van der Waals surface area contributed by atoms with Gasteiger partial charge in [0.2, 0.25) is 0 Å². The highest BCUT2D eigenvalue weighted by molar-refractivity contribution is 6.04. The Labute approximate surface area is 118 Å². The number of hydrogen-bond acceptors (Lipinski definition) is 3. The van der Waals surface area contributed by atoms with Gasteiger partial charge in [0.1, 0.15) is 0 Å². The van der Waals surface area contributed by atoms with Crippen molar-refractivity contribution in [2.75, 3.05) is 13.2 Å². The lowest BCUT2D eigenvalue weighted by atomic mass is 10.1. The quantitative estimate of drug-likeness (QED) is 0.849. The Balaban J connectivity index is 2.36. The Morgan fingerprint density at radius 2 is 2.05 bits per heavy atom. The highest BCUT2D eigenvalue weighted by Crippen LogP contribution is 2.19. The SMILES string of the molecule is CCC(CC)N(CCO)C(=O)c1n[nH]c2ccccc12. The Hall–Kier alpha value is -1.88. The van der Waals surface area contributed by atoms with Crippen LogP contribution in [0.5, 0.6) is 0 Å². The summed E-state index contributed by atoms with van der Waals surface area (Å²) in [5.74, 6) is -0.120. The molecule has 0 aliphatic rings. The van der Waals surface area contributed by atoms with Crippen molar-refractivity contribution in [1.29, 1.82) is 0 Å². The Bertz CT molecular complexity index is 575. The van der Waals surface area contributed by atoms with Gasteiger partial charge in [0.15, 0.2) is 5.69 Å². The first-order chi connectivity index (χ1) is 9.72. The third kappa shape index (κ3) is 2.67. The van der Waals surface area contributed by atoms with E-state index in [1.807, 2.05) is 24.3 Å². The number of para-hydroxylation sites is 1. The van der Waals surface area contributed by atoms with Crippen molar-refractivity contribution in [1.82, 2.24) is 15.1 Å². The maximum Gasteiger partial charge on any atom is 0.275 e. The molecule has 5 heteroatoms. The van der Waals surface area contributed by atoms with E-state index >= 15 is 0 Å². The Kier molecular flexibility index (Phi) is 4.74. The van der Waals surface area contributed by atoms with Crippen LogP contribution in [0.25, 0.3) is 10.9 Å². The van der Waals surface area contributed by atoms with Gasteiger partial charge in [0.05, 0.1) is 12.1 Å². The van der Waals surface area contributed by atoms with Gasteiger partial charge in [-0.2, -0.15) is 5.10 Å². The fourth-order valence-electron chi connectivity index (χ4n) is 2.55. The van der Waals surface area contributed by atoms with Crippen LogP contribution in [0.2, 0.25) is 0 Å². The molecule has 0 saturated carbocycles. The molecule has 0 fully saturated rings. The van der Waals surface area contributed by atoms with Gasteiger partial charge in [0.25, 0.3) is 5.91 Å². The minimum absolute atomic E-state index is 0.0371. The maximum absolute atomic E-state index is 12.7. The molecule has 1 amide bonds. The summed E-state index contributed by atoms with van der Waals surface area (Å²) in [6, 6.07) is 7.71. The fraction of sp³-hybridized carbons (Fsp3) is 0.467. The van der Waals surface area contributed by atoms with Gasteiger partial charge in [-0.3, -0.25) is 9.89 Å². The number of carbonyl (C=O) groups is 1. The molecule has 20 heavy (non-hydrogen) atoms. The molecule has 0 unspecified atom stereocenters. The smallest absolute Gasteiger partial charge is 0.275 e. The van der Waals surface area contributed by atoms with Gasteiger partial charge in [-0.15, -0.1) is 0 Å². The van der Waals surface area contributed by atoms with Crippen molar-refractivity contribution in [3.05, 3.63) is 30.0 Å². The van der Waals surface area contributed by atoms with Crippen molar-refractivity contribution < 1.29 is 9.90 Å². The van der Waals surface area contributed by atoms with E-state index < -0.39 is 0 Å². The number of aromatic amines is 1. The number of carbonyl (C=O) groups excluding carboxylic acids is 1. The van der Waals surface area contributed by atoms with Gasteiger partial charge in [-0.1, -0.05) is 32.0 Å². The number of aromatic nitrogens is 2. The first-order valence-corrected chi connectivity index (χ1v) is 7.07. The number of nitrogens with zero attached hydrogens (tertiary/aromatic N) is 2. The van der Waals surface area contributed by atoms with Crippen molar-refractivity contribution >= 4 is 16.8 Å². The maximum atomic E-state index is 12.7. The lowest BCUT2D eigenvalue weighted by Gasteiger charge is -2.29. The average Bonchev–Trinajstić information content (AvgIpc) is 2.91. The van der Waals surface area contributed by atoms with Crippen molar-refractivity contribution in [3.8, 4) is 0 Å². The molecular formula is C15H21N3O2. The summed E-state index contributed by atoms with van der Waals surface area (Å²) < 4.78 is 0. The van der Waals surface area contributed by atoms with E-state index in [1.54, 1.807) is 4.90 Å². The minimum Gasteiger partial charge on any atom is -0.395 e. The van der Waals surface area contributed by atoms with Crippen LogP contribution in [-0.4, -0.2) is 45.3 Å². The standard InChI is InChI=1S/C15H21N3O2/c1-3-11(4-2)18(9-10-19)15(20)14-12-7-5-6-8-13(12)16-17-14/h5-8,11,19H,3-4,9-10H2,1-2H3,(H,16,17). The van der Waals surface area contributed by atoms with E-state index in [0.29, 0.717) is 12.2 Å². The minimum atomic E-state index is -0.120. The number of benzene rings is 1. The average molecular weight is 275 g/mol. The van der Waals surface area contributed by atoms with Crippen LogP contribution in [0.4, 0.5) is 0 Å². The molecule has 1 aromatic carbocycles. The normalized spacial score (nSPS) is 11.2. The third-order valence-electron chi connectivity index (χ3n) is 3.66. The summed E-state index contributed by atoms with van der Waals surface area (Å²) in [6.45, 7) is 4.40. The topological polar surface area (TPSA) is 69.2 Å². The summed E-state index contributed by atoms with van der Waals surface area (Å²) in [4.78, 5) is 14.4. The van der Waals surface area contributed by atoms with Crippen molar-refractivity contribution in [3.63, 3.8) is 0 Å². The van der Waals surface area contributed by atoms with E-state index in [4.69, 9.17) is 0 Å². The lowest BCUT2D eigenvalue weighted by Crippen LogP contribution is -2.41. The number of nitrogens with one attached hydrogen (secondary N) is 1. The third-order valence-corrected chi connectivity index (χ3v) is 3.66. The Morgan fingerprint density at radius 3 is 2.70 bits per heavy atom. The van der Waals surface area contributed by atoms with Crippen LogP contribution in [0.1, 0.15) is 37.2 Å². The van der Waals surface area contributed by atoms with Crippen LogP contribution in [-0.2, 0) is 0 Å². The molecule has 0 spiro atoms. The van der Waals surface area contributed by atoms with Gasteiger partial charge >= 0.3 is 0 Å². The molecule has 1 aromatic heterocycles. The molecule has 0 aliphatic heterocycles. The first-order valence-electron chi connectivity index (χ1n) is 7.07. The summed E-state index contributed by atoms with van der Waals surface area (Å²) in [6.07, 6.45) is 1.73. The van der Waals surface area contributed by atoms with Gasteiger partial charge in [-0.05, 0) is 18.9 Å². The molecule has 2 rings (SSSR count). The van der Waals surface area contributed by atoms with Crippen LogP contribution in [0.15, 0.2) is 24.3 Å². The van der Waals surface area contributed by atoms with E-state index in [-0.39, 0.29) is 18.6 Å². The highest BCUT2D eigenvalue weighted by atomic mass is 16.3. The molecule has 0 atom stereocenters. The first kappa shape index (κ1) is 14.5. The van der Waals surface area contributed by atoms with Crippen LogP contribution in [0, 0.1) is 0 Å². The largest absolute Gasteiger partial charge is 0.395 e. The lowest BCUT2D eigenvalue weighted by molar-refractivity contribution is 0.0618. The zero-order valence-electron chi connectivity index (χ0n) is 12.0. The molecule has 5 nitrogen and oxygen atoms in total. The molecular weight excluding hydrogens is 254 g/mol. The van der Waals surface area contributed by atoms with Crippen LogP contribution in [0.3, 0.4) is 0 Å². The predicted octanol–water partition coefficient (Wildman–Crippen LogP) is 2.19. The second-order valence-electron chi connectivity index (χ2n) is 4.81.